The minimum absolute atomic E-state index is 0.206. The lowest BCUT2D eigenvalue weighted by atomic mass is 9.96. The Bertz CT molecular complexity index is 287. The fourth-order valence-electron chi connectivity index (χ4n) is 2.20. The van der Waals surface area contributed by atoms with Gasteiger partial charge in [0, 0.05) is 5.54 Å². The Kier molecular flexibility index (Phi) is 5.10. The van der Waals surface area contributed by atoms with Crippen LogP contribution in [0.15, 0.2) is 4.99 Å². The second-order valence-electron chi connectivity index (χ2n) is 4.39. The fraction of sp³-hybridized carbons (Fsp3) is 0.818. The Morgan fingerprint density at radius 3 is 2.56 bits per heavy atom. The average Bonchev–Trinajstić information content (AvgIpc) is 2.74. The van der Waals surface area contributed by atoms with Crippen LogP contribution in [-0.2, 0) is 0 Å². The van der Waals surface area contributed by atoms with E-state index in [4.69, 9.17) is 5.26 Å². The molecule has 16 heavy (non-hydrogen) atoms. The molecule has 1 fully saturated rings. The molecule has 90 valence electrons. The lowest BCUT2D eigenvalue weighted by molar-refractivity contribution is 0.167. The molecule has 0 aromatic carbocycles. The van der Waals surface area contributed by atoms with Crippen LogP contribution in [0.25, 0.3) is 0 Å². The number of hydrogen-bond donors (Lipinski definition) is 1. The monoisotopic (exact) mass is 240 g/mol. The van der Waals surface area contributed by atoms with Gasteiger partial charge in [-0.3, -0.25) is 10.3 Å². The van der Waals surface area contributed by atoms with Crippen molar-refractivity contribution in [2.24, 2.45) is 4.99 Å². The van der Waals surface area contributed by atoms with Crippen molar-refractivity contribution >= 4 is 16.9 Å². The summed E-state index contributed by atoms with van der Waals surface area (Å²) in [5, 5.41) is 11.9. The van der Waals surface area contributed by atoms with Gasteiger partial charge in [-0.2, -0.15) is 5.26 Å². The van der Waals surface area contributed by atoms with Gasteiger partial charge in [0.1, 0.15) is 0 Å². The summed E-state index contributed by atoms with van der Waals surface area (Å²) in [4.78, 5) is 6.80. The second-order valence-corrected chi connectivity index (χ2v) is 5.18. The molecule has 0 unspecified atom stereocenters. The number of aliphatic imine (C=N–C) groups is 1. The highest BCUT2D eigenvalue weighted by molar-refractivity contribution is 8.13. The number of nitrogens with zero attached hydrogens (tertiary/aromatic N) is 3. The van der Waals surface area contributed by atoms with E-state index in [1.807, 2.05) is 12.4 Å². The van der Waals surface area contributed by atoms with Crippen molar-refractivity contribution < 1.29 is 0 Å². The van der Waals surface area contributed by atoms with Gasteiger partial charge in [-0.25, -0.2) is 0 Å². The molecule has 0 aromatic heterocycles. The molecule has 0 radical (unpaired) electrons. The summed E-state index contributed by atoms with van der Waals surface area (Å²) in [5.41, 5.74) is 0.206. The Labute approximate surface area is 102 Å². The number of amidine groups is 1. The molecular weight excluding hydrogens is 220 g/mol. The summed E-state index contributed by atoms with van der Waals surface area (Å²) >= 11 is 1.49. The second kappa shape index (κ2) is 6.12. The minimum Gasteiger partial charge on any atom is -0.302 e. The zero-order valence-electron chi connectivity index (χ0n) is 10.3. The molecule has 4 nitrogen and oxygen atoms in total. The van der Waals surface area contributed by atoms with Gasteiger partial charge in [0.15, 0.2) is 11.4 Å². The molecule has 1 rings (SSSR count). The Morgan fingerprint density at radius 2 is 2.12 bits per heavy atom. The van der Waals surface area contributed by atoms with Gasteiger partial charge in [-0.1, -0.05) is 24.6 Å². The third-order valence-corrected chi connectivity index (χ3v) is 3.97. The molecule has 0 spiro atoms. The third-order valence-electron chi connectivity index (χ3n) is 3.36. The molecule has 0 aromatic rings. The van der Waals surface area contributed by atoms with Gasteiger partial charge in [0.05, 0.1) is 6.54 Å². The fourth-order valence-corrected chi connectivity index (χ4v) is 2.54. The van der Waals surface area contributed by atoms with Crippen molar-refractivity contribution in [3.8, 4) is 6.19 Å². The molecule has 0 heterocycles. The smallest absolute Gasteiger partial charge is 0.183 e. The molecule has 0 bridgehead atoms. The predicted molar refractivity (Wildman–Crippen MR) is 69.5 cm³/mol. The summed E-state index contributed by atoms with van der Waals surface area (Å²) < 4.78 is 0. The van der Waals surface area contributed by atoms with E-state index in [0.29, 0.717) is 0 Å². The van der Waals surface area contributed by atoms with Gasteiger partial charge in [0.25, 0.3) is 0 Å². The number of thioether (sulfide) groups is 1. The first-order valence-electron chi connectivity index (χ1n) is 5.55. The van der Waals surface area contributed by atoms with E-state index >= 15 is 0 Å². The first kappa shape index (κ1) is 13.3. The van der Waals surface area contributed by atoms with Gasteiger partial charge in [0.2, 0.25) is 0 Å². The van der Waals surface area contributed by atoms with E-state index in [2.05, 4.69) is 29.3 Å². The van der Waals surface area contributed by atoms with Crippen LogP contribution in [0.1, 0.15) is 25.7 Å². The molecule has 0 aliphatic heterocycles. The summed E-state index contributed by atoms with van der Waals surface area (Å²) in [7, 11) is 4.24. The van der Waals surface area contributed by atoms with E-state index in [0.717, 1.165) is 11.7 Å². The van der Waals surface area contributed by atoms with Crippen LogP contribution in [0, 0.1) is 11.5 Å². The van der Waals surface area contributed by atoms with Crippen LogP contribution in [0.5, 0.6) is 0 Å². The lowest BCUT2D eigenvalue weighted by Gasteiger charge is -2.34. The van der Waals surface area contributed by atoms with E-state index < -0.39 is 0 Å². The number of nitriles is 1. The number of likely N-dealkylation sites (N-methyl/N-ethyl adjacent to an activating group) is 1. The van der Waals surface area contributed by atoms with E-state index in [1.54, 1.807) is 0 Å². The lowest BCUT2D eigenvalue weighted by Crippen LogP contribution is -2.44. The number of rotatable bonds is 3. The van der Waals surface area contributed by atoms with E-state index in [-0.39, 0.29) is 5.54 Å². The maximum Gasteiger partial charge on any atom is 0.183 e. The van der Waals surface area contributed by atoms with Crippen molar-refractivity contribution in [3.05, 3.63) is 0 Å². The molecule has 1 N–H and O–H groups in total. The van der Waals surface area contributed by atoms with Crippen LogP contribution in [0.4, 0.5) is 0 Å². The maximum absolute atomic E-state index is 8.57. The van der Waals surface area contributed by atoms with Crippen LogP contribution < -0.4 is 5.32 Å². The SMILES string of the molecule is CSC(=NCC1(N(C)C)CCCC1)NC#N. The van der Waals surface area contributed by atoms with Crippen LogP contribution in [0.2, 0.25) is 0 Å². The van der Waals surface area contributed by atoms with Crippen LogP contribution in [0.3, 0.4) is 0 Å². The summed E-state index contributed by atoms with van der Waals surface area (Å²) in [5.74, 6) is 0. The van der Waals surface area contributed by atoms with E-state index in [1.165, 1.54) is 37.4 Å². The van der Waals surface area contributed by atoms with Gasteiger partial charge in [-0.15, -0.1) is 0 Å². The van der Waals surface area contributed by atoms with Gasteiger partial charge >= 0.3 is 0 Å². The molecule has 5 heteroatoms. The van der Waals surface area contributed by atoms with Gasteiger partial charge in [-0.05, 0) is 33.2 Å². The predicted octanol–water partition coefficient (Wildman–Crippen LogP) is 1.65. The minimum atomic E-state index is 0.206. The standard InChI is InChI=1S/C11H20N4S/c1-15(2)11(6-4-5-7-11)8-13-10(16-3)14-9-12/h4-8H2,1-3H3,(H,13,14). The number of nitrogens with one attached hydrogen (secondary N) is 1. The summed E-state index contributed by atoms with van der Waals surface area (Å²) in [6.45, 7) is 0.783. The third kappa shape index (κ3) is 3.13. The van der Waals surface area contributed by atoms with Crippen LogP contribution >= 0.6 is 11.8 Å². The zero-order valence-corrected chi connectivity index (χ0v) is 11.1. The molecule has 0 amide bonds. The Balaban J connectivity index is 2.66. The highest BCUT2D eigenvalue weighted by atomic mass is 32.2. The largest absolute Gasteiger partial charge is 0.302 e. The van der Waals surface area contributed by atoms with Crippen molar-refractivity contribution in [3.63, 3.8) is 0 Å². The Hall–Kier alpha value is -0.730. The summed E-state index contributed by atoms with van der Waals surface area (Å²) in [6, 6.07) is 0. The quantitative estimate of drug-likeness (QED) is 0.353. The Morgan fingerprint density at radius 1 is 1.50 bits per heavy atom. The molecule has 0 saturated heterocycles. The van der Waals surface area contributed by atoms with Crippen molar-refractivity contribution in [2.45, 2.75) is 31.2 Å². The molecule has 1 aliphatic rings. The highest BCUT2D eigenvalue weighted by Crippen LogP contribution is 2.34. The summed E-state index contributed by atoms with van der Waals surface area (Å²) in [6.07, 6.45) is 8.83. The zero-order chi connectivity index (χ0) is 12.0. The molecule has 1 aliphatic carbocycles. The normalized spacial score (nSPS) is 19.8. The first-order chi connectivity index (χ1) is 7.64. The number of hydrogen-bond acceptors (Lipinski definition) is 4. The average molecular weight is 240 g/mol. The molecule has 0 atom stereocenters. The highest BCUT2D eigenvalue weighted by Gasteiger charge is 2.35. The van der Waals surface area contributed by atoms with Crippen molar-refractivity contribution in [2.75, 3.05) is 26.9 Å². The van der Waals surface area contributed by atoms with Crippen LogP contribution in [-0.4, -0.2) is 42.5 Å². The first-order valence-corrected chi connectivity index (χ1v) is 6.78. The molecule has 1 saturated carbocycles. The van der Waals surface area contributed by atoms with E-state index in [9.17, 15) is 0 Å². The maximum atomic E-state index is 8.57. The van der Waals surface area contributed by atoms with Crippen molar-refractivity contribution in [1.82, 2.24) is 10.2 Å². The molecular formula is C11H20N4S. The topological polar surface area (TPSA) is 51.4 Å². The van der Waals surface area contributed by atoms with Crippen molar-refractivity contribution in [1.29, 1.82) is 5.26 Å². The van der Waals surface area contributed by atoms with Gasteiger partial charge < -0.3 is 4.90 Å².